The van der Waals surface area contributed by atoms with Gasteiger partial charge in [0.1, 0.15) is 5.75 Å². The number of hydrogen-bond acceptors (Lipinski definition) is 3. The summed E-state index contributed by atoms with van der Waals surface area (Å²) in [6.45, 7) is 3.13. The SMILES string of the molecule is C#CC(C)(C)OC(=O)COc1cccc([S+](c2ccccc2)c2ccccc2)c1. The van der Waals surface area contributed by atoms with E-state index in [0.29, 0.717) is 5.75 Å². The zero-order valence-corrected chi connectivity index (χ0v) is 17.3. The van der Waals surface area contributed by atoms with E-state index in [2.05, 4.69) is 36.3 Å². The molecule has 3 rings (SSSR count). The van der Waals surface area contributed by atoms with Crippen LogP contribution in [0.15, 0.2) is 99.6 Å². The molecule has 0 heterocycles. The van der Waals surface area contributed by atoms with Gasteiger partial charge in [-0.2, -0.15) is 0 Å². The Bertz CT molecular complexity index is 952. The summed E-state index contributed by atoms with van der Waals surface area (Å²) in [5, 5.41) is 0. The molecular weight excluding hydrogens is 380 g/mol. The van der Waals surface area contributed by atoms with Crippen LogP contribution in [0.3, 0.4) is 0 Å². The number of rotatable bonds is 7. The third-order valence-electron chi connectivity index (χ3n) is 4.07. The van der Waals surface area contributed by atoms with E-state index in [-0.39, 0.29) is 17.5 Å². The lowest BCUT2D eigenvalue weighted by Gasteiger charge is -2.18. The van der Waals surface area contributed by atoms with Gasteiger partial charge in [-0.1, -0.05) is 48.4 Å². The van der Waals surface area contributed by atoms with E-state index in [1.54, 1.807) is 13.8 Å². The summed E-state index contributed by atoms with van der Waals surface area (Å²) < 4.78 is 10.9. The van der Waals surface area contributed by atoms with Crippen molar-refractivity contribution in [2.75, 3.05) is 6.61 Å². The molecule has 0 radical (unpaired) electrons. The van der Waals surface area contributed by atoms with Gasteiger partial charge >= 0.3 is 5.97 Å². The molecule has 0 amide bonds. The van der Waals surface area contributed by atoms with Gasteiger partial charge in [-0.15, -0.1) is 6.42 Å². The first-order chi connectivity index (χ1) is 14.0. The normalized spacial score (nSPS) is 11.0. The highest BCUT2D eigenvalue weighted by atomic mass is 32.2. The van der Waals surface area contributed by atoms with Crippen molar-refractivity contribution in [3.05, 3.63) is 84.9 Å². The summed E-state index contributed by atoms with van der Waals surface area (Å²) in [4.78, 5) is 15.5. The highest BCUT2D eigenvalue weighted by Gasteiger charge is 2.28. The van der Waals surface area contributed by atoms with Crippen LogP contribution in [0.2, 0.25) is 0 Å². The van der Waals surface area contributed by atoms with E-state index in [0.717, 1.165) is 4.90 Å². The van der Waals surface area contributed by atoms with E-state index in [4.69, 9.17) is 15.9 Å². The predicted octanol–water partition coefficient (Wildman–Crippen LogP) is 5.12. The van der Waals surface area contributed by atoms with Crippen LogP contribution in [0.1, 0.15) is 13.8 Å². The Hall–Kier alpha value is -3.16. The Morgan fingerprint density at radius 1 is 0.897 bits per heavy atom. The van der Waals surface area contributed by atoms with Gasteiger partial charge in [-0.3, -0.25) is 0 Å². The van der Waals surface area contributed by atoms with Crippen LogP contribution >= 0.6 is 0 Å². The molecule has 0 saturated heterocycles. The summed E-state index contributed by atoms with van der Waals surface area (Å²) in [5.41, 5.74) is -0.949. The van der Waals surface area contributed by atoms with E-state index in [1.807, 2.05) is 54.6 Å². The largest absolute Gasteiger partial charge is 0.482 e. The topological polar surface area (TPSA) is 35.5 Å². The first kappa shape index (κ1) is 20.6. The maximum absolute atomic E-state index is 12.0. The average molecular weight is 404 g/mol. The molecule has 0 aliphatic heterocycles. The van der Waals surface area contributed by atoms with Crippen molar-refractivity contribution in [2.24, 2.45) is 0 Å². The van der Waals surface area contributed by atoms with Gasteiger partial charge in [0, 0.05) is 6.07 Å². The van der Waals surface area contributed by atoms with E-state index < -0.39 is 11.6 Å². The molecule has 0 saturated carbocycles. The Balaban J connectivity index is 1.82. The van der Waals surface area contributed by atoms with Crippen LogP contribution in [0, 0.1) is 12.3 Å². The molecule has 0 unspecified atom stereocenters. The minimum absolute atomic E-state index is 0.195. The van der Waals surface area contributed by atoms with Crippen molar-refractivity contribution < 1.29 is 14.3 Å². The molecule has 3 nitrogen and oxygen atoms in total. The van der Waals surface area contributed by atoms with Crippen molar-refractivity contribution in [3.63, 3.8) is 0 Å². The molecule has 0 bridgehead atoms. The molecule has 4 heteroatoms. The molecule has 0 N–H and O–H groups in total. The summed E-state index contributed by atoms with van der Waals surface area (Å²) in [6, 6.07) is 28.5. The van der Waals surface area contributed by atoms with Crippen LogP contribution in [-0.2, 0) is 20.4 Å². The lowest BCUT2D eigenvalue weighted by atomic mass is 10.1. The third kappa shape index (κ3) is 5.66. The first-order valence-corrected chi connectivity index (χ1v) is 10.5. The molecule has 146 valence electrons. The monoisotopic (exact) mass is 403 g/mol. The number of esters is 1. The summed E-state index contributed by atoms with van der Waals surface area (Å²) >= 11 is 0. The van der Waals surface area contributed by atoms with E-state index in [9.17, 15) is 4.79 Å². The van der Waals surface area contributed by atoms with Crippen LogP contribution in [0.4, 0.5) is 0 Å². The van der Waals surface area contributed by atoms with Crippen molar-refractivity contribution in [3.8, 4) is 18.1 Å². The van der Waals surface area contributed by atoms with Crippen LogP contribution in [-0.4, -0.2) is 18.2 Å². The second kappa shape index (κ2) is 9.36. The zero-order chi connectivity index (χ0) is 20.7. The van der Waals surface area contributed by atoms with Gasteiger partial charge in [0.2, 0.25) is 0 Å². The van der Waals surface area contributed by atoms with Gasteiger partial charge < -0.3 is 9.47 Å². The van der Waals surface area contributed by atoms with Crippen LogP contribution in [0.25, 0.3) is 0 Å². The zero-order valence-electron chi connectivity index (χ0n) is 16.5. The quantitative estimate of drug-likeness (QED) is 0.312. The molecule has 3 aromatic carbocycles. The molecule has 0 aliphatic rings. The molecule has 29 heavy (non-hydrogen) atoms. The Morgan fingerprint density at radius 2 is 1.45 bits per heavy atom. The second-order valence-corrected chi connectivity index (χ2v) is 8.85. The molecule has 0 atom stereocenters. The lowest BCUT2D eigenvalue weighted by molar-refractivity contribution is -0.154. The summed E-state index contributed by atoms with van der Waals surface area (Å²) in [6.07, 6.45) is 5.36. The van der Waals surface area contributed by atoms with Crippen molar-refractivity contribution in [1.29, 1.82) is 0 Å². The molecule has 0 aliphatic carbocycles. The van der Waals surface area contributed by atoms with Crippen molar-refractivity contribution in [1.82, 2.24) is 0 Å². The van der Waals surface area contributed by atoms with Crippen LogP contribution < -0.4 is 4.74 Å². The average Bonchev–Trinajstić information content (AvgIpc) is 2.74. The van der Waals surface area contributed by atoms with Crippen LogP contribution in [0.5, 0.6) is 5.75 Å². The maximum atomic E-state index is 12.0. The first-order valence-electron chi connectivity index (χ1n) is 9.25. The Kier molecular flexibility index (Phi) is 6.64. The highest BCUT2D eigenvalue weighted by Crippen LogP contribution is 2.32. The van der Waals surface area contributed by atoms with Gasteiger partial charge in [-0.25, -0.2) is 4.79 Å². The number of carbonyl (C=O) groups is 1. The summed E-state index contributed by atoms with van der Waals surface area (Å²) in [5.74, 6) is 2.55. The van der Waals surface area contributed by atoms with Gasteiger partial charge in [0.25, 0.3) is 0 Å². The smallest absolute Gasteiger partial charge is 0.345 e. The summed E-state index contributed by atoms with van der Waals surface area (Å²) in [7, 11) is -0.279. The standard InChI is InChI=1S/C25H23O3S/c1-4-25(2,3)28-24(26)19-27-20-12-11-17-23(18-20)29(21-13-7-5-8-14-21)22-15-9-6-10-16-22/h1,5-18H,19H2,2-3H3/q+1. The second-order valence-electron chi connectivity index (χ2n) is 6.82. The number of ether oxygens (including phenoxy) is 2. The fourth-order valence-corrected chi connectivity index (χ4v) is 4.82. The maximum Gasteiger partial charge on any atom is 0.345 e. The van der Waals surface area contributed by atoms with Crippen molar-refractivity contribution in [2.45, 2.75) is 34.1 Å². The molecule has 0 aromatic heterocycles. The van der Waals surface area contributed by atoms with E-state index >= 15 is 0 Å². The minimum Gasteiger partial charge on any atom is -0.482 e. The molecular formula is C25H23O3S+. The number of carbonyl (C=O) groups excluding carboxylic acids is 1. The Morgan fingerprint density at radius 3 is 2.00 bits per heavy atom. The Labute approximate surface area is 175 Å². The molecule has 0 spiro atoms. The highest BCUT2D eigenvalue weighted by molar-refractivity contribution is 7.97. The lowest BCUT2D eigenvalue weighted by Crippen LogP contribution is -2.29. The van der Waals surface area contributed by atoms with E-state index in [1.165, 1.54) is 9.79 Å². The predicted molar refractivity (Wildman–Crippen MR) is 116 cm³/mol. The van der Waals surface area contributed by atoms with Gasteiger partial charge in [-0.05, 0) is 50.2 Å². The van der Waals surface area contributed by atoms with Gasteiger partial charge in [0.15, 0.2) is 26.9 Å². The number of hydrogen-bond donors (Lipinski definition) is 0. The fraction of sp³-hybridized carbons (Fsp3) is 0.160. The number of terminal acetylenes is 1. The third-order valence-corrected chi connectivity index (χ3v) is 6.28. The fourth-order valence-electron chi connectivity index (χ4n) is 2.70. The minimum atomic E-state index is -0.949. The van der Waals surface area contributed by atoms with Gasteiger partial charge in [0.05, 0.1) is 10.9 Å². The van der Waals surface area contributed by atoms with Crippen molar-refractivity contribution >= 4 is 16.9 Å². The molecule has 0 fully saturated rings. The molecule has 3 aromatic rings. The number of benzene rings is 3.